The Hall–Kier alpha value is -1.67. The lowest BCUT2D eigenvalue weighted by atomic mass is 10.2. The van der Waals surface area contributed by atoms with Gasteiger partial charge in [0.15, 0.2) is 0 Å². The Morgan fingerprint density at radius 1 is 0.450 bits per heavy atom. The van der Waals surface area contributed by atoms with E-state index in [0.717, 1.165) is 19.4 Å². The van der Waals surface area contributed by atoms with Gasteiger partial charge in [-0.1, -0.05) is 31.5 Å². The van der Waals surface area contributed by atoms with E-state index in [4.69, 9.17) is 47.4 Å². The van der Waals surface area contributed by atoms with Crippen LogP contribution in [0.15, 0.2) is 30.3 Å². The molecule has 232 valence electrons. The van der Waals surface area contributed by atoms with Crippen LogP contribution in [-0.4, -0.2) is 132 Å². The third kappa shape index (κ3) is 25.3. The molecule has 0 atom stereocenters. The van der Waals surface area contributed by atoms with Crippen LogP contribution < -0.4 is 0 Å². The Kier molecular flexibility index (Phi) is 27.5. The van der Waals surface area contributed by atoms with Crippen molar-refractivity contribution in [2.24, 2.45) is 0 Å². The van der Waals surface area contributed by atoms with Crippen molar-refractivity contribution in [1.82, 2.24) is 0 Å². The second kappa shape index (κ2) is 30.3. The van der Waals surface area contributed by atoms with Gasteiger partial charge in [-0.05, 0) is 18.6 Å². The fourth-order valence-electron chi connectivity index (χ4n) is 2.96. The maximum Gasteiger partial charge on any atom is 0.338 e. The second-order valence-corrected chi connectivity index (χ2v) is 8.37. The molecule has 11 nitrogen and oxygen atoms in total. The molecule has 0 aliphatic carbocycles. The number of rotatable bonds is 31. The summed E-state index contributed by atoms with van der Waals surface area (Å²) in [7, 11) is 0. The molecule has 0 aromatic heterocycles. The number of carbonyl (C=O) groups excluding carboxylic acids is 1. The zero-order valence-corrected chi connectivity index (χ0v) is 24.2. The topological polar surface area (TPSA) is 109 Å². The maximum atomic E-state index is 11.8. The SMILES string of the molecule is CCCCOCCOCCOCCOCCOCCOCCOCCOCCOCCOC(=O)c1ccccc1. The molecule has 0 spiro atoms. The normalized spacial score (nSPS) is 11.2. The first-order chi connectivity index (χ1) is 19.8. The van der Waals surface area contributed by atoms with Crippen LogP contribution in [0, 0.1) is 0 Å². The molecule has 0 unspecified atom stereocenters. The van der Waals surface area contributed by atoms with E-state index < -0.39 is 0 Å². The number of ether oxygens (including phenoxy) is 10. The number of carbonyl (C=O) groups is 1. The molecular weight excluding hydrogens is 524 g/mol. The zero-order chi connectivity index (χ0) is 28.6. The molecule has 1 aromatic carbocycles. The molecule has 0 amide bonds. The van der Waals surface area contributed by atoms with Crippen LogP contribution in [0.25, 0.3) is 0 Å². The molecule has 0 fully saturated rings. The van der Waals surface area contributed by atoms with Crippen LogP contribution in [0.1, 0.15) is 30.1 Å². The summed E-state index contributed by atoms with van der Waals surface area (Å²) in [6, 6.07) is 8.86. The van der Waals surface area contributed by atoms with Crippen LogP contribution >= 0.6 is 0 Å². The van der Waals surface area contributed by atoms with Crippen molar-refractivity contribution in [2.75, 3.05) is 126 Å². The van der Waals surface area contributed by atoms with Gasteiger partial charge >= 0.3 is 5.97 Å². The average Bonchev–Trinajstić information content (AvgIpc) is 2.98. The molecule has 1 aromatic rings. The summed E-state index contributed by atoms with van der Waals surface area (Å²) >= 11 is 0. The van der Waals surface area contributed by atoms with Crippen LogP contribution in [0.3, 0.4) is 0 Å². The molecule has 0 aliphatic rings. The van der Waals surface area contributed by atoms with Gasteiger partial charge in [0.25, 0.3) is 0 Å². The monoisotopic (exact) mass is 574 g/mol. The van der Waals surface area contributed by atoms with Crippen molar-refractivity contribution < 1.29 is 52.2 Å². The van der Waals surface area contributed by atoms with E-state index in [9.17, 15) is 4.79 Å². The molecule has 0 radical (unpaired) electrons. The first kappa shape index (κ1) is 36.4. The minimum Gasteiger partial charge on any atom is -0.460 e. The van der Waals surface area contributed by atoms with Gasteiger partial charge in [-0.3, -0.25) is 0 Å². The standard InChI is InChI=1S/C29H50O11/c1-2-3-9-31-10-11-32-12-13-33-14-15-34-16-17-35-18-19-36-20-21-37-22-23-38-24-25-39-26-27-40-29(30)28-7-5-4-6-8-28/h4-8H,2-3,9-27H2,1H3. The van der Waals surface area contributed by atoms with E-state index in [0.29, 0.717) is 118 Å². The lowest BCUT2D eigenvalue weighted by molar-refractivity contribution is -0.0259. The first-order valence-electron chi connectivity index (χ1n) is 14.3. The summed E-state index contributed by atoms with van der Waals surface area (Å²) < 4.78 is 54.0. The number of benzene rings is 1. The molecule has 1 rings (SSSR count). The summed E-state index contributed by atoms with van der Waals surface area (Å²) in [6.45, 7) is 11.8. The zero-order valence-electron chi connectivity index (χ0n) is 24.2. The van der Waals surface area contributed by atoms with Gasteiger partial charge in [-0.25, -0.2) is 4.79 Å². The van der Waals surface area contributed by atoms with E-state index in [1.807, 2.05) is 6.07 Å². The lowest BCUT2D eigenvalue weighted by Gasteiger charge is -2.09. The Balaban J connectivity index is 1.65. The minimum atomic E-state index is -0.353. The molecule has 11 heteroatoms. The summed E-state index contributed by atoms with van der Waals surface area (Å²) in [4.78, 5) is 11.8. The van der Waals surface area contributed by atoms with Gasteiger partial charge in [-0.15, -0.1) is 0 Å². The average molecular weight is 575 g/mol. The van der Waals surface area contributed by atoms with Crippen LogP contribution in [0.2, 0.25) is 0 Å². The third-order valence-electron chi connectivity index (χ3n) is 5.09. The fourth-order valence-corrected chi connectivity index (χ4v) is 2.96. The minimum absolute atomic E-state index is 0.207. The molecule has 0 bridgehead atoms. The summed E-state index contributed by atoms with van der Waals surface area (Å²) in [5.41, 5.74) is 0.529. The van der Waals surface area contributed by atoms with Crippen molar-refractivity contribution in [3.05, 3.63) is 35.9 Å². The Morgan fingerprint density at radius 2 is 0.750 bits per heavy atom. The van der Waals surface area contributed by atoms with Gasteiger partial charge in [0.05, 0.1) is 118 Å². The van der Waals surface area contributed by atoms with Gasteiger partial charge in [0.1, 0.15) is 6.61 Å². The van der Waals surface area contributed by atoms with Crippen molar-refractivity contribution >= 4 is 5.97 Å². The van der Waals surface area contributed by atoms with E-state index >= 15 is 0 Å². The van der Waals surface area contributed by atoms with Crippen LogP contribution in [0.5, 0.6) is 0 Å². The quantitative estimate of drug-likeness (QED) is 0.0965. The highest BCUT2D eigenvalue weighted by molar-refractivity contribution is 5.89. The molecule has 0 saturated carbocycles. The predicted molar refractivity (Wildman–Crippen MR) is 149 cm³/mol. The van der Waals surface area contributed by atoms with E-state index in [1.54, 1.807) is 24.3 Å². The van der Waals surface area contributed by atoms with Crippen molar-refractivity contribution in [3.8, 4) is 0 Å². The first-order valence-corrected chi connectivity index (χ1v) is 14.3. The third-order valence-corrected chi connectivity index (χ3v) is 5.09. The largest absolute Gasteiger partial charge is 0.460 e. The van der Waals surface area contributed by atoms with Gasteiger partial charge in [0, 0.05) is 6.61 Å². The summed E-state index contributed by atoms with van der Waals surface area (Å²) in [5, 5.41) is 0. The van der Waals surface area contributed by atoms with Crippen molar-refractivity contribution in [3.63, 3.8) is 0 Å². The van der Waals surface area contributed by atoms with Gasteiger partial charge < -0.3 is 47.4 Å². The van der Waals surface area contributed by atoms with Gasteiger partial charge in [-0.2, -0.15) is 0 Å². The predicted octanol–water partition coefficient (Wildman–Crippen LogP) is 2.79. The maximum absolute atomic E-state index is 11.8. The highest BCUT2D eigenvalue weighted by Crippen LogP contribution is 2.00. The molecule has 0 heterocycles. The molecule has 40 heavy (non-hydrogen) atoms. The Bertz CT molecular complexity index is 648. The van der Waals surface area contributed by atoms with Crippen molar-refractivity contribution in [1.29, 1.82) is 0 Å². The van der Waals surface area contributed by atoms with Gasteiger partial charge in [0.2, 0.25) is 0 Å². The summed E-state index contributed by atoms with van der Waals surface area (Å²) in [6.07, 6.45) is 2.24. The Labute approximate surface area is 239 Å². The van der Waals surface area contributed by atoms with E-state index in [1.165, 1.54) is 0 Å². The van der Waals surface area contributed by atoms with Crippen molar-refractivity contribution in [2.45, 2.75) is 19.8 Å². The highest BCUT2D eigenvalue weighted by Gasteiger charge is 2.05. The highest BCUT2D eigenvalue weighted by atomic mass is 16.6. The smallest absolute Gasteiger partial charge is 0.338 e. The van der Waals surface area contributed by atoms with E-state index in [-0.39, 0.29) is 12.6 Å². The lowest BCUT2D eigenvalue weighted by Crippen LogP contribution is -2.15. The molecule has 0 saturated heterocycles. The fraction of sp³-hybridized carbons (Fsp3) is 0.759. The number of hydrogen-bond acceptors (Lipinski definition) is 11. The number of esters is 1. The molecule has 0 aliphatic heterocycles. The summed E-state index contributed by atoms with van der Waals surface area (Å²) in [5.74, 6) is -0.353. The number of unbranched alkanes of at least 4 members (excludes halogenated alkanes) is 1. The van der Waals surface area contributed by atoms with Crippen LogP contribution in [-0.2, 0) is 47.4 Å². The number of hydrogen-bond donors (Lipinski definition) is 0. The van der Waals surface area contributed by atoms with E-state index in [2.05, 4.69) is 6.92 Å². The molecular formula is C29H50O11. The molecule has 0 N–H and O–H groups in total. The second-order valence-electron chi connectivity index (χ2n) is 8.37. The Morgan fingerprint density at radius 3 is 1.07 bits per heavy atom. The van der Waals surface area contributed by atoms with Crippen LogP contribution in [0.4, 0.5) is 0 Å².